The maximum absolute atomic E-state index is 13.0. The largest absolute Gasteiger partial charge is 0.490 e. The lowest BCUT2D eigenvalue weighted by Crippen LogP contribution is -2.44. The van der Waals surface area contributed by atoms with Crippen LogP contribution in [0.4, 0.5) is 24.5 Å². The number of rotatable bonds is 6. The first-order valence-corrected chi connectivity index (χ1v) is 12.9. The molecule has 1 aliphatic heterocycles. The Morgan fingerprint density at radius 2 is 1.59 bits per heavy atom. The Bertz CT molecular complexity index is 1240. The van der Waals surface area contributed by atoms with E-state index in [2.05, 4.69) is 20.3 Å². The highest BCUT2D eigenvalue weighted by molar-refractivity contribution is 7.92. The highest BCUT2D eigenvalue weighted by atomic mass is 32.2. The van der Waals surface area contributed by atoms with Gasteiger partial charge >= 0.3 is 12.1 Å². The van der Waals surface area contributed by atoms with Crippen LogP contribution in [0.2, 0.25) is 0 Å². The molecule has 37 heavy (non-hydrogen) atoms. The van der Waals surface area contributed by atoms with Crippen molar-refractivity contribution in [3.05, 3.63) is 52.6 Å². The number of sulfonamides is 1. The monoisotopic (exact) mass is 544 g/mol. The molecule has 0 unspecified atom stereocenters. The summed E-state index contributed by atoms with van der Waals surface area (Å²) in [6.07, 6.45) is -5.08. The van der Waals surface area contributed by atoms with Gasteiger partial charge in [0.25, 0.3) is 15.9 Å². The third-order valence-electron chi connectivity index (χ3n) is 5.61. The number of halogens is 3. The van der Waals surface area contributed by atoms with Gasteiger partial charge in [-0.1, -0.05) is 6.07 Å². The number of carbonyl (C=O) groups excluding carboxylic acids is 1. The standard InChI is InChI=1S/C22H30N4O3S.C2HF3O2/c1-5-24-22(27)19-14-18(6-7-20(19)26-10-8-23-9-11-26)25-30(28,29)21-13-16(3)15(2)12-17(21)4;3-2(4,5)1(6)7/h6-7,12-14,23,25H,5,8-11H2,1-4H3,(H,24,27);(H,6,7). The molecule has 1 heterocycles. The summed E-state index contributed by atoms with van der Waals surface area (Å²) in [4.78, 5) is 24.0. The summed E-state index contributed by atoms with van der Waals surface area (Å²) in [6.45, 7) is 11.3. The van der Waals surface area contributed by atoms with Gasteiger partial charge in [0, 0.05) is 44.1 Å². The minimum absolute atomic E-state index is 0.213. The molecular weight excluding hydrogens is 513 g/mol. The van der Waals surface area contributed by atoms with Crippen molar-refractivity contribution in [3.8, 4) is 0 Å². The number of carboxylic acids is 1. The van der Waals surface area contributed by atoms with Gasteiger partial charge in [0.1, 0.15) is 0 Å². The molecule has 4 N–H and O–H groups in total. The first-order chi connectivity index (χ1) is 17.2. The first kappa shape index (κ1) is 29.9. The highest BCUT2D eigenvalue weighted by Gasteiger charge is 2.38. The normalized spacial score (nSPS) is 13.9. The fourth-order valence-electron chi connectivity index (χ4n) is 3.65. The fraction of sp³-hybridized carbons (Fsp3) is 0.417. The Balaban J connectivity index is 0.000000604. The second-order valence-corrected chi connectivity index (χ2v) is 10.1. The molecule has 9 nitrogen and oxygen atoms in total. The molecule has 204 valence electrons. The molecule has 13 heteroatoms. The van der Waals surface area contributed by atoms with Gasteiger partial charge in [-0.05, 0) is 68.7 Å². The molecule has 0 radical (unpaired) electrons. The third-order valence-corrected chi connectivity index (χ3v) is 7.13. The second-order valence-electron chi connectivity index (χ2n) is 8.44. The van der Waals surface area contributed by atoms with E-state index in [1.165, 1.54) is 0 Å². The van der Waals surface area contributed by atoms with Crippen LogP contribution >= 0.6 is 0 Å². The van der Waals surface area contributed by atoms with Gasteiger partial charge in [-0.15, -0.1) is 0 Å². The molecular formula is C24H31F3N4O5S. The summed E-state index contributed by atoms with van der Waals surface area (Å²) in [5.41, 5.74) is 4.30. The van der Waals surface area contributed by atoms with Crippen molar-refractivity contribution in [2.75, 3.05) is 42.3 Å². The van der Waals surface area contributed by atoms with Gasteiger partial charge in [-0.3, -0.25) is 9.52 Å². The van der Waals surface area contributed by atoms with Gasteiger partial charge in [-0.25, -0.2) is 13.2 Å². The molecule has 1 amide bonds. The Hall–Kier alpha value is -3.32. The third kappa shape index (κ3) is 8.09. The molecule has 2 aromatic rings. The predicted molar refractivity (Wildman–Crippen MR) is 135 cm³/mol. The molecule has 0 saturated carbocycles. The predicted octanol–water partition coefficient (Wildman–Crippen LogP) is 3.21. The molecule has 0 atom stereocenters. The van der Waals surface area contributed by atoms with Crippen LogP contribution in [-0.4, -0.2) is 64.3 Å². The van der Waals surface area contributed by atoms with E-state index in [1.807, 2.05) is 32.9 Å². The van der Waals surface area contributed by atoms with Crippen LogP contribution in [0.5, 0.6) is 0 Å². The van der Waals surface area contributed by atoms with Crippen molar-refractivity contribution in [1.29, 1.82) is 0 Å². The van der Waals surface area contributed by atoms with Crippen LogP contribution in [0, 0.1) is 20.8 Å². The molecule has 1 fully saturated rings. The summed E-state index contributed by atoms with van der Waals surface area (Å²) in [6, 6.07) is 8.72. The summed E-state index contributed by atoms with van der Waals surface area (Å²) < 4.78 is 60.5. The van der Waals surface area contributed by atoms with Gasteiger partial charge in [0.15, 0.2) is 0 Å². The van der Waals surface area contributed by atoms with E-state index in [4.69, 9.17) is 9.90 Å². The van der Waals surface area contributed by atoms with Crippen LogP contribution in [0.1, 0.15) is 34.0 Å². The number of hydrogen-bond donors (Lipinski definition) is 4. The number of aliphatic carboxylic acids is 1. The Labute approximate surface area is 214 Å². The Kier molecular flexibility index (Phi) is 9.93. The maximum atomic E-state index is 13.0. The molecule has 3 rings (SSSR count). The van der Waals surface area contributed by atoms with E-state index in [-0.39, 0.29) is 10.8 Å². The number of aryl methyl sites for hydroxylation is 3. The Morgan fingerprint density at radius 1 is 1.03 bits per heavy atom. The number of amides is 1. The number of hydrogen-bond acceptors (Lipinski definition) is 6. The van der Waals surface area contributed by atoms with Gasteiger partial charge in [0.2, 0.25) is 0 Å². The van der Waals surface area contributed by atoms with Crippen LogP contribution in [0.25, 0.3) is 0 Å². The van der Waals surface area contributed by atoms with Crippen molar-refractivity contribution in [2.24, 2.45) is 0 Å². The van der Waals surface area contributed by atoms with Crippen molar-refractivity contribution >= 4 is 33.3 Å². The van der Waals surface area contributed by atoms with Gasteiger partial charge in [-0.2, -0.15) is 13.2 Å². The number of nitrogens with zero attached hydrogens (tertiary/aromatic N) is 1. The zero-order valence-electron chi connectivity index (χ0n) is 21.0. The minimum Gasteiger partial charge on any atom is -0.475 e. The van der Waals surface area contributed by atoms with Crippen molar-refractivity contribution in [3.63, 3.8) is 0 Å². The smallest absolute Gasteiger partial charge is 0.475 e. The highest BCUT2D eigenvalue weighted by Crippen LogP contribution is 2.28. The van der Waals surface area contributed by atoms with Crippen LogP contribution in [0.3, 0.4) is 0 Å². The second kappa shape index (κ2) is 12.3. The molecule has 0 aliphatic carbocycles. The number of alkyl halides is 3. The lowest BCUT2D eigenvalue weighted by Gasteiger charge is -2.31. The zero-order valence-corrected chi connectivity index (χ0v) is 21.8. The van der Waals surface area contributed by atoms with E-state index in [0.717, 1.165) is 43.0 Å². The Morgan fingerprint density at radius 3 is 2.14 bits per heavy atom. The summed E-state index contributed by atoms with van der Waals surface area (Å²) in [7, 11) is -3.78. The average molecular weight is 545 g/mol. The number of anilines is 2. The van der Waals surface area contributed by atoms with E-state index in [0.29, 0.717) is 23.4 Å². The quantitative estimate of drug-likeness (QED) is 0.440. The number of nitrogens with one attached hydrogen (secondary N) is 3. The molecule has 0 aromatic heterocycles. The van der Waals surface area contributed by atoms with E-state index in [9.17, 15) is 26.4 Å². The van der Waals surface area contributed by atoms with Crippen LogP contribution in [0.15, 0.2) is 35.2 Å². The van der Waals surface area contributed by atoms with Gasteiger partial charge in [0.05, 0.1) is 10.5 Å². The summed E-state index contributed by atoms with van der Waals surface area (Å²) in [5.74, 6) is -2.97. The topological polar surface area (TPSA) is 128 Å². The van der Waals surface area contributed by atoms with Crippen LogP contribution < -0.4 is 20.3 Å². The van der Waals surface area contributed by atoms with E-state index >= 15 is 0 Å². The summed E-state index contributed by atoms with van der Waals surface area (Å²) >= 11 is 0. The molecule has 1 aliphatic rings. The molecule has 1 saturated heterocycles. The average Bonchev–Trinajstić information content (AvgIpc) is 2.81. The molecule has 2 aromatic carbocycles. The number of carbonyl (C=O) groups is 2. The zero-order chi connectivity index (χ0) is 28.0. The van der Waals surface area contributed by atoms with E-state index < -0.39 is 22.2 Å². The SMILES string of the molecule is CCNC(=O)c1cc(NS(=O)(=O)c2cc(C)c(C)cc2C)ccc1N1CCNCC1.O=C(O)C(F)(F)F. The summed E-state index contributed by atoms with van der Waals surface area (Å²) in [5, 5.41) is 13.3. The van der Waals surface area contributed by atoms with Crippen LogP contribution in [-0.2, 0) is 14.8 Å². The lowest BCUT2D eigenvalue weighted by molar-refractivity contribution is -0.192. The molecule has 0 spiro atoms. The molecule has 0 bridgehead atoms. The van der Waals surface area contributed by atoms with E-state index in [1.54, 1.807) is 25.1 Å². The number of benzene rings is 2. The number of carboxylic acid groups (broad SMARTS) is 1. The number of piperazine rings is 1. The van der Waals surface area contributed by atoms with Gasteiger partial charge < -0.3 is 20.6 Å². The first-order valence-electron chi connectivity index (χ1n) is 11.5. The van der Waals surface area contributed by atoms with Crippen molar-refractivity contribution in [1.82, 2.24) is 10.6 Å². The fourth-order valence-corrected chi connectivity index (χ4v) is 5.01. The maximum Gasteiger partial charge on any atom is 0.490 e. The minimum atomic E-state index is -5.08. The van der Waals surface area contributed by atoms with Crippen molar-refractivity contribution in [2.45, 2.75) is 38.8 Å². The van der Waals surface area contributed by atoms with Crippen molar-refractivity contribution < 1.29 is 36.3 Å². The lowest BCUT2D eigenvalue weighted by atomic mass is 10.1.